The summed E-state index contributed by atoms with van der Waals surface area (Å²) in [5, 5.41) is 0. The van der Waals surface area contributed by atoms with Crippen molar-refractivity contribution in [1.29, 1.82) is 0 Å². The van der Waals surface area contributed by atoms with Gasteiger partial charge in [-0.25, -0.2) is 13.4 Å². The van der Waals surface area contributed by atoms with Crippen molar-refractivity contribution in [3.63, 3.8) is 0 Å². The van der Waals surface area contributed by atoms with Crippen LogP contribution in [0.3, 0.4) is 0 Å². The van der Waals surface area contributed by atoms with Gasteiger partial charge in [0.2, 0.25) is 0 Å². The second-order valence-corrected chi connectivity index (χ2v) is 7.62. The third-order valence-corrected chi connectivity index (χ3v) is 5.51. The molecule has 1 aliphatic rings. The van der Waals surface area contributed by atoms with Crippen LogP contribution in [0.15, 0.2) is 18.2 Å². The molecule has 2 heterocycles. The van der Waals surface area contributed by atoms with Crippen molar-refractivity contribution in [3.8, 4) is 0 Å². The van der Waals surface area contributed by atoms with Crippen LogP contribution < -0.4 is 5.73 Å². The van der Waals surface area contributed by atoms with Crippen LogP contribution in [0.5, 0.6) is 0 Å². The maximum absolute atomic E-state index is 11.6. The number of nitrogens with zero attached hydrogens (tertiary/aromatic N) is 2. The van der Waals surface area contributed by atoms with E-state index < -0.39 is 9.84 Å². The second-order valence-electron chi connectivity index (χ2n) is 5.39. The Labute approximate surface area is 117 Å². The summed E-state index contributed by atoms with van der Waals surface area (Å²) >= 11 is 0. The molecule has 1 unspecified atom stereocenters. The van der Waals surface area contributed by atoms with Gasteiger partial charge in [-0.05, 0) is 25.1 Å². The number of nitrogens with one attached hydrogen (secondary N) is 1. The van der Waals surface area contributed by atoms with Gasteiger partial charge < -0.3 is 10.7 Å². The molecule has 20 heavy (non-hydrogen) atoms. The SMILES string of the molecule is CC1CS(=O)(=O)CCN1Cc1nc2ccc(N)cc2[nH]1. The van der Waals surface area contributed by atoms with E-state index in [4.69, 9.17) is 5.73 Å². The summed E-state index contributed by atoms with van der Waals surface area (Å²) in [7, 11) is -2.88. The van der Waals surface area contributed by atoms with Crippen molar-refractivity contribution in [3.05, 3.63) is 24.0 Å². The van der Waals surface area contributed by atoms with Crippen molar-refractivity contribution in [2.75, 3.05) is 23.8 Å². The fourth-order valence-electron chi connectivity index (χ4n) is 2.62. The van der Waals surface area contributed by atoms with Crippen molar-refractivity contribution in [2.45, 2.75) is 19.5 Å². The van der Waals surface area contributed by atoms with Crippen LogP contribution in [0, 0.1) is 0 Å². The Morgan fingerprint density at radius 3 is 3.05 bits per heavy atom. The average Bonchev–Trinajstić information content (AvgIpc) is 2.73. The molecule has 1 saturated heterocycles. The lowest BCUT2D eigenvalue weighted by atomic mass is 10.3. The van der Waals surface area contributed by atoms with E-state index >= 15 is 0 Å². The number of aromatic nitrogens is 2. The molecule has 0 radical (unpaired) electrons. The quantitative estimate of drug-likeness (QED) is 0.798. The van der Waals surface area contributed by atoms with Crippen LogP contribution in [0.4, 0.5) is 5.69 Å². The van der Waals surface area contributed by atoms with E-state index in [1.54, 1.807) is 0 Å². The van der Waals surface area contributed by atoms with Crippen molar-refractivity contribution in [2.24, 2.45) is 0 Å². The average molecular weight is 294 g/mol. The Hall–Kier alpha value is -1.60. The number of benzene rings is 1. The third kappa shape index (κ3) is 2.64. The first-order chi connectivity index (χ1) is 9.43. The number of sulfone groups is 1. The predicted octanol–water partition coefficient (Wildman–Crippen LogP) is 0.764. The van der Waals surface area contributed by atoms with Crippen LogP contribution in [-0.4, -0.2) is 47.4 Å². The van der Waals surface area contributed by atoms with Gasteiger partial charge in [0.05, 0.1) is 29.1 Å². The van der Waals surface area contributed by atoms with Crippen LogP contribution in [-0.2, 0) is 16.4 Å². The number of fused-ring (bicyclic) bond motifs is 1. The molecule has 3 rings (SSSR count). The molecule has 0 spiro atoms. The van der Waals surface area contributed by atoms with Gasteiger partial charge in [0.25, 0.3) is 0 Å². The number of H-pyrrole nitrogens is 1. The van der Waals surface area contributed by atoms with E-state index in [1.165, 1.54) is 0 Å². The minimum absolute atomic E-state index is 0.0204. The smallest absolute Gasteiger partial charge is 0.153 e. The molecule has 7 heteroatoms. The zero-order valence-corrected chi connectivity index (χ0v) is 12.2. The molecule has 0 saturated carbocycles. The largest absolute Gasteiger partial charge is 0.399 e. The van der Waals surface area contributed by atoms with Gasteiger partial charge in [-0.15, -0.1) is 0 Å². The predicted molar refractivity (Wildman–Crippen MR) is 79.0 cm³/mol. The Kier molecular flexibility index (Phi) is 3.18. The molecule has 6 nitrogen and oxygen atoms in total. The molecule has 1 fully saturated rings. The Bertz CT molecular complexity index is 738. The van der Waals surface area contributed by atoms with E-state index in [-0.39, 0.29) is 17.5 Å². The number of hydrogen-bond donors (Lipinski definition) is 2. The van der Waals surface area contributed by atoms with Gasteiger partial charge >= 0.3 is 0 Å². The number of anilines is 1. The number of aromatic amines is 1. The van der Waals surface area contributed by atoms with E-state index in [0.717, 1.165) is 16.9 Å². The third-order valence-electron chi connectivity index (χ3n) is 3.72. The fourth-order valence-corrected chi connectivity index (χ4v) is 4.24. The molecule has 1 aliphatic heterocycles. The number of hydrogen-bond acceptors (Lipinski definition) is 5. The van der Waals surface area contributed by atoms with Gasteiger partial charge in [0.15, 0.2) is 9.84 Å². The molecule has 0 bridgehead atoms. The summed E-state index contributed by atoms with van der Waals surface area (Å²) in [5.74, 6) is 1.29. The highest BCUT2D eigenvalue weighted by Gasteiger charge is 2.28. The zero-order chi connectivity index (χ0) is 14.3. The molecular formula is C13H18N4O2S. The maximum atomic E-state index is 11.6. The first kappa shape index (κ1) is 13.4. The normalized spacial score (nSPS) is 23.1. The number of imidazole rings is 1. The minimum Gasteiger partial charge on any atom is -0.399 e. The zero-order valence-electron chi connectivity index (χ0n) is 11.3. The molecule has 0 aliphatic carbocycles. The monoisotopic (exact) mass is 294 g/mol. The van der Waals surface area contributed by atoms with Gasteiger partial charge in [0, 0.05) is 18.3 Å². The molecule has 0 amide bonds. The Balaban J connectivity index is 1.79. The van der Waals surface area contributed by atoms with Gasteiger partial charge in [-0.2, -0.15) is 0 Å². The number of nitrogen functional groups attached to an aromatic ring is 1. The summed E-state index contributed by atoms with van der Waals surface area (Å²) < 4.78 is 23.1. The highest BCUT2D eigenvalue weighted by molar-refractivity contribution is 7.91. The summed E-state index contributed by atoms with van der Waals surface area (Å²) in [6, 6.07) is 5.58. The highest BCUT2D eigenvalue weighted by atomic mass is 32.2. The molecule has 1 aromatic heterocycles. The molecular weight excluding hydrogens is 276 g/mol. The van der Waals surface area contributed by atoms with E-state index in [1.807, 2.05) is 25.1 Å². The lowest BCUT2D eigenvalue weighted by molar-refractivity contribution is 0.213. The molecule has 3 N–H and O–H groups in total. The highest BCUT2D eigenvalue weighted by Crippen LogP contribution is 2.18. The van der Waals surface area contributed by atoms with E-state index in [2.05, 4.69) is 14.9 Å². The minimum atomic E-state index is -2.88. The lowest BCUT2D eigenvalue weighted by Gasteiger charge is -2.32. The fraction of sp³-hybridized carbons (Fsp3) is 0.462. The second kappa shape index (κ2) is 4.75. The van der Waals surface area contributed by atoms with E-state index in [9.17, 15) is 8.42 Å². The topological polar surface area (TPSA) is 92.1 Å². The molecule has 108 valence electrons. The standard InChI is InChI=1S/C13H18N4O2S/c1-9-8-20(18,19)5-4-17(9)7-13-15-11-3-2-10(14)6-12(11)16-13/h2-3,6,9H,4-5,7-8,14H2,1H3,(H,15,16). The van der Waals surface area contributed by atoms with Crippen molar-refractivity contribution < 1.29 is 8.42 Å². The first-order valence-corrected chi connectivity index (χ1v) is 8.44. The van der Waals surface area contributed by atoms with Crippen LogP contribution >= 0.6 is 0 Å². The Morgan fingerprint density at radius 2 is 2.30 bits per heavy atom. The summed E-state index contributed by atoms with van der Waals surface area (Å²) in [6.45, 7) is 3.13. The van der Waals surface area contributed by atoms with Gasteiger partial charge in [-0.1, -0.05) is 0 Å². The number of nitrogens with two attached hydrogens (primary N) is 1. The first-order valence-electron chi connectivity index (χ1n) is 6.61. The summed E-state index contributed by atoms with van der Waals surface area (Å²) in [5.41, 5.74) is 8.24. The summed E-state index contributed by atoms with van der Waals surface area (Å²) in [6.07, 6.45) is 0. The van der Waals surface area contributed by atoms with Crippen LogP contribution in [0.25, 0.3) is 11.0 Å². The maximum Gasteiger partial charge on any atom is 0.153 e. The lowest BCUT2D eigenvalue weighted by Crippen LogP contribution is -2.46. The van der Waals surface area contributed by atoms with Crippen molar-refractivity contribution in [1.82, 2.24) is 14.9 Å². The van der Waals surface area contributed by atoms with Gasteiger partial charge in [0.1, 0.15) is 5.82 Å². The van der Waals surface area contributed by atoms with Crippen molar-refractivity contribution >= 4 is 26.6 Å². The number of rotatable bonds is 2. The molecule has 1 atom stereocenters. The van der Waals surface area contributed by atoms with Crippen LogP contribution in [0.1, 0.15) is 12.7 Å². The van der Waals surface area contributed by atoms with Crippen LogP contribution in [0.2, 0.25) is 0 Å². The summed E-state index contributed by atoms with van der Waals surface area (Å²) in [4.78, 5) is 9.90. The molecule has 2 aromatic rings. The molecule has 1 aromatic carbocycles. The Morgan fingerprint density at radius 1 is 1.50 bits per heavy atom. The van der Waals surface area contributed by atoms with Gasteiger partial charge in [-0.3, -0.25) is 4.90 Å². The van der Waals surface area contributed by atoms with E-state index in [0.29, 0.717) is 18.8 Å².